The van der Waals surface area contributed by atoms with Gasteiger partial charge in [0.05, 0.1) is 11.6 Å². The fourth-order valence-corrected chi connectivity index (χ4v) is 3.82. The van der Waals surface area contributed by atoms with Crippen LogP contribution in [0.2, 0.25) is 0 Å². The van der Waals surface area contributed by atoms with Crippen molar-refractivity contribution in [3.63, 3.8) is 0 Å². The first-order valence-electron chi connectivity index (χ1n) is 9.37. The van der Waals surface area contributed by atoms with Crippen LogP contribution in [-0.4, -0.2) is 32.5 Å². The number of likely N-dealkylation sites (tertiary alicyclic amines) is 1. The molecular formula is C22H23N5. The normalized spacial score (nSPS) is 17.1. The molecule has 0 aliphatic carbocycles. The molecule has 1 saturated heterocycles. The van der Waals surface area contributed by atoms with Gasteiger partial charge in [0.15, 0.2) is 0 Å². The molecule has 136 valence electrons. The molecule has 5 nitrogen and oxygen atoms in total. The van der Waals surface area contributed by atoms with Gasteiger partial charge in [-0.3, -0.25) is 9.88 Å². The van der Waals surface area contributed by atoms with Gasteiger partial charge in [-0.1, -0.05) is 12.1 Å². The minimum absolute atomic E-state index is 0.617. The summed E-state index contributed by atoms with van der Waals surface area (Å²) in [6.45, 7) is 6.25. The first kappa shape index (κ1) is 17.4. The van der Waals surface area contributed by atoms with E-state index in [1.165, 1.54) is 17.7 Å². The van der Waals surface area contributed by atoms with Crippen LogP contribution in [0.25, 0.3) is 11.4 Å². The Labute approximate surface area is 159 Å². The second-order valence-corrected chi connectivity index (χ2v) is 7.27. The molecule has 0 radical (unpaired) electrons. The van der Waals surface area contributed by atoms with Gasteiger partial charge in [0.2, 0.25) is 0 Å². The number of benzene rings is 1. The molecule has 0 spiro atoms. The van der Waals surface area contributed by atoms with E-state index in [4.69, 9.17) is 5.26 Å². The predicted octanol–water partition coefficient (Wildman–Crippen LogP) is 3.65. The summed E-state index contributed by atoms with van der Waals surface area (Å²) in [6, 6.07) is 14.1. The van der Waals surface area contributed by atoms with Gasteiger partial charge in [0.1, 0.15) is 5.82 Å². The summed E-state index contributed by atoms with van der Waals surface area (Å²) in [7, 11) is 0. The lowest BCUT2D eigenvalue weighted by atomic mass is 10.1. The molecule has 1 aliphatic rings. The van der Waals surface area contributed by atoms with Crippen LogP contribution >= 0.6 is 0 Å². The lowest BCUT2D eigenvalue weighted by Crippen LogP contribution is -2.22. The van der Waals surface area contributed by atoms with Crippen molar-refractivity contribution in [2.75, 3.05) is 13.1 Å². The Morgan fingerprint density at radius 2 is 2.04 bits per heavy atom. The first-order chi connectivity index (χ1) is 13.2. The maximum Gasteiger partial charge on any atom is 0.141 e. The summed E-state index contributed by atoms with van der Waals surface area (Å²) in [6.07, 6.45) is 6.82. The average Bonchev–Trinajstić information content (AvgIpc) is 3.30. The SMILES string of the molecule is Cc1cnc(-c2cccnc2)n1CC1CCN(Cc2ccc(C#N)cc2)C1. The van der Waals surface area contributed by atoms with Crippen LogP contribution in [0.1, 0.15) is 23.2 Å². The van der Waals surface area contributed by atoms with E-state index >= 15 is 0 Å². The van der Waals surface area contributed by atoms with Crippen LogP contribution < -0.4 is 0 Å². The number of hydrogen-bond acceptors (Lipinski definition) is 4. The van der Waals surface area contributed by atoms with Crippen molar-refractivity contribution in [2.45, 2.75) is 26.4 Å². The number of hydrogen-bond donors (Lipinski definition) is 0. The molecule has 1 aliphatic heterocycles. The van der Waals surface area contributed by atoms with Gasteiger partial charge in [-0.25, -0.2) is 4.98 Å². The Morgan fingerprint density at radius 1 is 1.19 bits per heavy atom. The van der Waals surface area contributed by atoms with Crippen LogP contribution in [0.15, 0.2) is 55.0 Å². The summed E-state index contributed by atoms with van der Waals surface area (Å²) in [5, 5.41) is 8.93. The second kappa shape index (κ2) is 7.73. The van der Waals surface area contributed by atoms with Gasteiger partial charge in [-0.2, -0.15) is 5.26 Å². The van der Waals surface area contributed by atoms with Gasteiger partial charge in [-0.05, 0) is 55.6 Å². The molecule has 0 N–H and O–H groups in total. The highest BCUT2D eigenvalue weighted by Crippen LogP contribution is 2.25. The Balaban J connectivity index is 1.42. The number of nitrogens with zero attached hydrogens (tertiary/aromatic N) is 5. The third-order valence-electron chi connectivity index (χ3n) is 5.27. The van der Waals surface area contributed by atoms with Crippen molar-refractivity contribution in [3.05, 3.63) is 71.8 Å². The summed E-state index contributed by atoms with van der Waals surface area (Å²) in [4.78, 5) is 11.3. The monoisotopic (exact) mass is 357 g/mol. The summed E-state index contributed by atoms with van der Waals surface area (Å²) < 4.78 is 2.33. The van der Waals surface area contributed by atoms with Crippen LogP contribution in [0.5, 0.6) is 0 Å². The Morgan fingerprint density at radius 3 is 2.78 bits per heavy atom. The van der Waals surface area contributed by atoms with Gasteiger partial charge in [0.25, 0.3) is 0 Å². The van der Waals surface area contributed by atoms with Crippen LogP contribution in [0, 0.1) is 24.2 Å². The largest absolute Gasteiger partial charge is 0.328 e. The van der Waals surface area contributed by atoms with Gasteiger partial charge in [-0.15, -0.1) is 0 Å². The van der Waals surface area contributed by atoms with E-state index in [2.05, 4.69) is 50.6 Å². The maximum atomic E-state index is 8.93. The molecular weight excluding hydrogens is 334 g/mol. The number of aryl methyl sites for hydroxylation is 1. The van der Waals surface area contributed by atoms with Crippen molar-refractivity contribution in [3.8, 4) is 17.5 Å². The maximum absolute atomic E-state index is 8.93. The second-order valence-electron chi connectivity index (χ2n) is 7.27. The predicted molar refractivity (Wildman–Crippen MR) is 105 cm³/mol. The molecule has 4 rings (SSSR count). The van der Waals surface area contributed by atoms with Crippen molar-refractivity contribution < 1.29 is 0 Å². The van der Waals surface area contributed by atoms with Crippen LogP contribution in [0.3, 0.4) is 0 Å². The summed E-state index contributed by atoms with van der Waals surface area (Å²) in [5.41, 5.74) is 4.25. The highest BCUT2D eigenvalue weighted by Gasteiger charge is 2.24. The molecule has 1 unspecified atom stereocenters. The number of pyridine rings is 1. The van der Waals surface area contributed by atoms with Crippen LogP contribution in [0.4, 0.5) is 0 Å². The van der Waals surface area contributed by atoms with Gasteiger partial charge >= 0.3 is 0 Å². The third kappa shape index (κ3) is 3.91. The van der Waals surface area contributed by atoms with E-state index in [9.17, 15) is 0 Å². The number of imidazole rings is 1. The van der Waals surface area contributed by atoms with E-state index < -0.39 is 0 Å². The van der Waals surface area contributed by atoms with E-state index in [1.807, 2.05) is 30.6 Å². The minimum atomic E-state index is 0.617. The molecule has 0 amide bonds. The topological polar surface area (TPSA) is 57.7 Å². The molecule has 1 fully saturated rings. The average molecular weight is 357 g/mol. The molecule has 5 heteroatoms. The molecule has 1 aromatic carbocycles. The highest BCUT2D eigenvalue weighted by molar-refractivity contribution is 5.54. The minimum Gasteiger partial charge on any atom is -0.328 e. The van der Waals surface area contributed by atoms with Gasteiger partial charge < -0.3 is 4.57 Å². The highest BCUT2D eigenvalue weighted by atomic mass is 15.2. The van der Waals surface area contributed by atoms with Crippen molar-refractivity contribution in [1.29, 1.82) is 5.26 Å². The van der Waals surface area contributed by atoms with E-state index in [0.717, 1.165) is 43.1 Å². The van der Waals surface area contributed by atoms with Crippen LogP contribution in [-0.2, 0) is 13.1 Å². The molecule has 1 atom stereocenters. The molecule has 3 heterocycles. The third-order valence-corrected chi connectivity index (χ3v) is 5.27. The molecule has 27 heavy (non-hydrogen) atoms. The zero-order valence-corrected chi connectivity index (χ0v) is 15.5. The van der Waals surface area contributed by atoms with E-state index in [0.29, 0.717) is 5.92 Å². The Kier molecular flexibility index (Phi) is 4.99. The molecule has 0 saturated carbocycles. The number of aromatic nitrogens is 3. The van der Waals surface area contributed by atoms with Crippen molar-refractivity contribution >= 4 is 0 Å². The summed E-state index contributed by atoms with van der Waals surface area (Å²) >= 11 is 0. The van der Waals surface area contributed by atoms with Gasteiger partial charge in [0, 0.05) is 49.5 Å². The molecule has 2 aromatic heterocycles. The number of nitriles is 1. The van der Waals surface area contributed by atoms with Crippen molar-refractivity contribution in [1.82, 2.24) is 19.4 Å². The van der Waals surface area contributed by atoms with E-state index in [1.54, 1.807) is 6.20 Å². The Hall–Kier alpha value is -2.97. The fourth-order valence-electron chi connectivity index (χ4n) is 3.82. The lowest BCUT2D eigenvalue weighted by Gasteiger charge is -2.18. The Bertz CT molecular complexity index is 937. The summed E-state index contributed by atoms with van der Waals surface area (Å²) in [5.74, 6) is 1.62. The molecule has 0 bridgehead atoms. The smallest absolute Gasteiger partial charge is 0.141 e. The quantitative estimate of drug-likeness (QED) is 0.699. The van der Waals surface area contributed by atoms with Crippen molar-refractivity contribution in [2.24, 2.45) is 5.92 Å². The zero-order valence-electron chi connectivity index (χ0n) is 15.5. The fraction of sp³-hybridized carbons (Fsp3) is 0.318. The standard InChI is InChI=1S/C22H23N5/c1-17-12-25-22(21-3-2-9-24-13-21)27(17)16-20-8-10-26(15-20)14-19-6-4-18(11-23)5-7-19/h2-7,9,12-13,20H,8,10,14-16H2,1H3. The number of rotatable bonds is 5. The van der Waals surface area contributed by atoms with E-state index in [-0.39, 0.29) is 0 Å². The molecule has 3 aromatic rings. The lowest BCUT2D eigenvalue weighted by molar-refractivity contribution is 0.309. The zero-order chi connectivity index (χ0) is 18.6. The first-order valence-corrected chi connectivity index (χ1v) is 9.37.